The summed E-state index contributed by atoms with van der Waals surface area (Å²) in [6, 6.07) is 14.1. The average molecular weight is 372 g/mol. The van der Waals surface area contributed by atoms with Crippen LogP contribution in [0.15, 0.2) is 60.8 Å². The lowest BCUT2D eigenvalue weighted by Gasteiger charge is -2.32. The maximum absolute atomic E-state index is 13.3. The van der Waals surface area contributed by atoms with Gasteiger partial charge in [-0.05, 0) is 49.4 Å². The fourth-order valence-corrected chi connectivity index (χ4v) is 4.21. The van der Waals surface area contributed by atoms with Gasteiger partial charge in [-0.15, -0.1) is 6.58 Å². The van der Waals surface area contributed by atoms with Gasteiger partial charge in [-0.2, -0.15) is 0 Å². The summed E-state index contributed by atoms with van der Waals surface area (Å²) in [6.45, 7) is 8.67. The number of benzene rings is 2. The highest BCUT2D eigenvalue weighted by Crippen LogP contribution is 2.38. The topological polar surface area (TPSA) is 40.6 Å². The van der Waals surface area contributed by atoms with Crippen molar-refractivity contribution in [1.82, 2.24) is 4.90 Å². The number of carbonyl (C=O) groups is 2. The number of rotatable bonds is 4. The number of nitrogens with zero attached hydrogens (tertiary/aromatic N) is 2. The molecule has 0 spiro atoms. The van der Waals surface area contributed by atoms with Crippen molar-refractivity contribution in [3.8, 4) is 0 Å². The standard InChI is InChI=1S/C24H24N2O2/c1-4-13-26-23(27)21(19-12-11-16(2)15-17(19)3)22(24(26)28)25-14-7-9-18-8-5-6-10-20(18)25/h4-6,8,10-12,15H,1,7,9,13-14H2,2-3H3. The van der Waals surface area contributed by atoms with Gasteiger partial charge in [-0.25, -0.2) is 0 Å². The number of imide groups is 1. The molecule has 0 unspecified atom stereocenters. The van der Waals surface area contributed by atoms with Gasteiger partial charge >= 0.3 is 0 Å². The van der Waals surface area contributed by atoms with Crippen molar-refractivity contribution in [2.45, 2.75) is 26.7 Å². The summed E-state index contributed by atoms with van der Waals surface area (Å²) in [5.41, 5.74) is 6.18. The van der Waals surface area contributed by atoms with Crippen LogP contribution in [0.5, 0.6) is 0 Å². The van der Waals surface area contributed by atoms with E-state index in [0.29, 0.717) is 11.3 Å². The highest BCUT2D eigenvalue weighted by atomic mass is 16.2. The molecule has 0 saturated carbocycles. The summed E-state index contributed by atoms with van der Waals surface area (Å²) in [7, 11) is 0. The molecule has 2 aromatic rings. The third kappa shape index (κ3) is 2.85. The van der Waals surface area contributed by atoms with E-state index in [2.05, 4.69) is 18.7 Å². The van der Waals surface area contributed by atoms with E-state index in [4.69, 9.17) is 0 Å². The molecule has 0 aromatic heterocycles. The zero-order valence-corrected chi connectivity index (χ0v) is 16.4. The summed E-state index contributed by atoms with van der Waals surface area (Å²) in [5.74, 6) is -0.480. The second-order valence-electron chi connectivity index (χ2n) is 7.44. The molecule has 2 heterocycles. The molecule has 2 aliphatic heterocycles. The molecule has 28 heavy (non-hydrogen) atoms. The van der Waals surface area contributed by atoms with Crippen molar-refractivity contribution < 1.29 is 9.59 Å². The summed E-state index contributed by atoms with van der Waals surface area (Å²) in [4.78, 5) is 30.0. The van der Waals surface area contributed by atoms with Crippen LogP contribution in [-0.4, -0.2) is 29.8 Å². The van der Waals surface area contributed by atoms with Gasteiger partial charge < -0.3 is 4.90 Å². The molecule has 0 N–H and O–H groups in total. The molecule has 4 heteroatoms. The van der Waals surface area contributed by atoms with Crippen LogP contribution in [0.25, 0.3) is 5.57 Å². The molecule has 4 rings (SSSR count). The average Bonchev–Trinajstić information content (AvgIpc) is 2.92. The van der Waals surface area contributed by atoms with E-state index in [1.165, 1.54) is 10.5 Å². The van der Waals surface area contributed by atoms with Crippen molar-refractivity contribution >= 4 is 23.1 Å². The molecule has 0 aliphatic carbocycles. The number of carbonyl (C=O) groups excluding carboxylic acids is 2. The highest BCUT2D eigenvalue weighted by Gasteiger charge is 2.42. The Morgan fingerprint density at radius 3 is 2.61 bits per heavy atom. The smallest absolute Gasteiger partial charge is 0.278 e. The van der Waals surface area contributed by atoms with Crippen LogP contribution in [-0.2, 0) is 16.0 Å². The van der Waals surface area contributed by atoms with Gasteiger partial charge in [0.2, 0.25) is 0 Å². The first-order valence-corrected chi connectivity index (χ1v) is 9.67. The van der Waals surface area contributed by atoms with Gasteiger partial charge in [0.15, 0.2) is 0 Å². The van der Waals surface area contributed by atoms with Gasteiger partial charge in [0.1, 0.15) is 5.70 Å². The second-order valence-corrected chi connectivity index (χ2v) is 7.44. The van der Waals surface area contributed by atoms with Crippen LogP contribution >= 0.6 is 0 Å². The molecule has 2 aromatic carbocycles. The summed E-state index contributed by atoms with van der Waals surface area (Å²) >= 11 is 0. The summed E-state index contributed by atoms with van der Waals surface area (Å²) in [5, 5.41) is 0. The predicted octanol–water partition coefficient (Wildman–Crippen LogP) is 4.02. The number of aryl methyl sites for hydroxylation is 3. The van der Waals surface area contributed by atoms with Gasteiger partial charge in [-0.1, -0.05) is 48.0 Å². The van der Waals surface area contributed by atoms with E-state index >= 15 is 0 Å². The maximum Gasteiger partial charge on any atom is 0.278 e. The van der Waals surface area contributed by atoms with Crippen molar-refractivity contribution in [3.63, 3.8) is 0 Å². The Labute approximate surface area is 165 Å². The number of amides is 2. The van der Waals surface area contributed by atoms with Gasteiger partial charge in [0.25, 0.3) is 11.8 Å². The van der Waals surface area contributed by atoms with Gasteiger partial charge in [-0.3, -0.25) is 14.5 Å². The minimum absolute atomic E-state index is 0.213. The molecule has 2 aliphatic rings. The molecule has 2 amide bonds. The Hall–Kier alpha value is -3.14. The monoisotopic (exact) mass is 372 g/mol. The molecule has 0 fully saturated rings. The Morgan fingerprint density at radius 1 is 1.07 bits per heavy atom. The maximum atomic E-state index is 13.3. The van der Waals surface area contributed by atoms with Crippen molar-refractivity contribution in [3.05, 3.63) is 83.1 Å². The van der Waals surface area contributed by atoms with Gasteiger partial charge in [0, 0.05) is 18.8 Å². The molecular formula is C24H24N2O2. The Morgan fingerprint density at radius 2 is 1.86 bits per heavy atom. The molecule has 0 bridgehead atoms. The minimum Gasteiger partial charge on any atom is -0.336 e. The van der Waals surface area contributed by atoms with E-state index < -0.39 is 0 Å². The molecule has 0 saturated heterocycles. The number of fused-ring (bicyclic) bond motifs is 1. The first-order valence-electron chi connectivity index (χ1n) is 9.67. The van der Waals surface area contributed by atoms with Gasteiger partial charge in [0.05, 0.1) is 5.57 Å². The Balaban J connectivity index is 1.94. The van der Waals surface area contributed by atoms with Crippen molar-refractivity contribution in [2.24, 2.45) is 0 Å². The van der Waals surface area contributed by atoms with E-state index in [9.17, 15) is 9.59 Å². The van der Waals surface area contributed by atoms with E-state index in [0.717, 1.165) is 41.8 Å². The number of anilines is 1. The van der Waals surface area contributed by atoms with Crippen LogP contribution < -0.4 is 4.90 Å². The van der Waals surface area contributed by atoms with Crippen LogP contribution in [0.1, 0.15) is 28.7 Å². The predicted molar refractivity (Wildman–Crippen MR) is 112 cm³/mol. The van der Waals surface area contributed by atoms with E-state index in [1.807, 2.05) is 49.1 Å². The molecular weight excluding hydrogens is 348 g/mol. The normalized spacial score (nSPS) is 16.6. The highest BCUT2D eigenvalue weighted by molar-refractivity contribution is 6.37. The summed E-state index contributed by atoms with van der Waals surface area (Å²) < 4.78 is 0. The fourth-order valence-electron chi connectivity index (χ4n) is 4.21. The fraction of sp³-hybridized carbons (Fsp3) is 0.250. The summed E-state index contributed by atoms with van der Waals surface area (Å²) in [6.07, 6.45) is 3.53. The molecule has 142 valence electrons. The SMILES string of the molecule is C=CCN1C(=O)C(c2ccc(C)cc2C)=C(N2CCCc3ccccc32)C1=O. The van der Waals surface area contributed by atoms with Crippen LogP contribution in [0, 0.1) is 13.8 Å². The number of hydrogen-bond acceptors (Lipinski definition) is 3. The lowest BCUT2D eigenvalue weighted by atomic mass is 9.95. The van der Waals surface area contributed by atoms with E-state index in [1.54, 1.807) is 6.08 Å². The lowest BCUT2D eigenvalue weighted by Crippen LogP contribution is -2.37. The third-order valence-electron chi connectivity index (χ3n) is 5.49. The first kappa shape index (κ1) is 18.2. The van der Waals surface area contributed by atoms with E-state index in [-0.39, 0.29) is 18.4 Å². The Kier molecular flexibility index (Phi) is 4.63. The zero-order chi connectivity index (χ0) is 19.8. The molecule has 4 nitrogen and oxygen atoms in total. The van der Waals surface area contributed by atoms with Crippen LogP contribution in [0.2, 0.25) is 0 Å². The lowest BCUT2D eigenvalue weighted by molar-refractivity contribution is -0.136. The minimum atomic E-state index is -0.241. The molecule has 0 atom stereocenters. The second kappa shape index (κ2) is 7.12. The first-order chi connectivity index (χ1) is 13.5. The van der Waals surface area contributed by atoms with Crippen LogP contribution in [0.4, 0.5) is 5.69 Å². The van der Waals surface area contributed by atoms with Crippen molar-refractivity contribution in [2.75, 3.05) is 18.0 Å². The largest absolute Gasteiger partial charge is 0.336 e. The Bertz CT molecular complexity index is 1020. The zero-order valence-electron chi connectivity index (χ0n) is 16.4. The quantitative estimate of drug-likeness (QED) is 0.601. The number of hydrogen-bond donors (Lipinski definition) is 0. The molecule has 0 radical (unpaired) electrons. The van der Waals surface area contributed by atoms with Crippen LogP contribution in [0.3, 0.4) is 0 Å². The van der Waals surface area contributed by atoms with Crippen molar-refractivity contribution in [1.29, 1.82) is 0 Å². The third-order valence-corrected chi connectivity index (χ3v) is 5.49. The number of para-hydroxylation sites is 1.